The molecule has 2 aromatic carbocycles. The first kappa shape index (κ1) is 17.7. The molecule has 0 atom stereocenters. The number of anilines is 2. The van der Waals surface area contributed by atoms with Crippen LogP contribution < -0.4 is 5.32 Å². The summed E-state index contributed by atoms with van der Waals surface area (Å²) in [7, 11) is 0. The first-order valence-electron chi connectivity index (χ1n) is 7.89. The molecule has 0 radical (unpaired) electrons. The molecule has 2 aromatic rings. The summed E-state index contributed by atoms with van der Waals surface area (Å²) < 4.78 is 0. The Morgan fingerprint density at radius 1 is 0.783 bits per heavy atom. The van der Waals surface area contributed by atoms with E-state index in [2.05, 4.69) is 46.9 Å². The van der Waals surface area contributed by atoms with E-state index in [-0.39, 0.29) is 10.8 Å². The molecule has 23 heavy (non-hydrogen) atoms. The number of hydrogen-bond acceptors (Lipinski definition) is 2. The van der Waals surface area contributed by atoms with Crippen molar-refractivity contribution in [2.24, 2.45) is 0 Å². The third kappa shape index (κ3) is 4.20. The monoisotopic (exact) mass is 331 g/mol. The van der Waals surface area contributed by atoms with Gasteiger partial charge in [-0.3, -0.25) is 0 Å². The summed E-state index contributed by atoms with van der Waals surface area (Å²) in [6, 6.07) is 11.7. The van der Waals surface area contributed by atoms with Gasteiger partial charge in [0.05, 0.1) is 0 Å². The highest BCUT2D eigenvalue weighted by molar-refractivity contribution is 6.30. The molecule has 0 bridgehead atoms. The Morgan fingerprint density at radius 2 is 1.22 bits per heavy atom. The second kappa shape index (κ2) is 6.09. The highest BCUT2D eigenvalue weighted by Crippen LogP contribution is 2.41. The van der Waals surface area contributed by atoms with Gasteiger partial charge in [-0.15, -0.1) is 0 Å². The molecular weight excluding hydrogens is 306 g/mol. The molecule has 0 aliphatic rings. The zero-order valence-corrected chi connectivity index (χ0v) is 15.5. The average Bonchev–Trinajstić information content (AvgIpc) is 2.40. The quantitative estimate of drug-likeness (QED) is 0.625. The molecule has 0 aliphatic carbocycles. The minimum absolute atomic E-state index is 0.137. The van der Waals surface area contributed by atoms with Crippen molar-refractivity contribution < 1.29 is 5.11 Å². The van der Waals surface area contributed by atoms with Crippen molar-refractivity contribution in [2.45, 2.75) is 52.4 Å². The zero-order chi connectivity index (χ0) is 17.4. The van der Waals surface area contributed by atoms with Gasteiger partial charge in [-0.2, -0.15) is 0 Å². The topological polar surface area (TPSA) is 32.3 Å². The number of phenols is 1. The zero-order valence-electron chi connectivity index (χ0n) is 14.8. The van der Waals surface area contributed by atoms with Crippen molar-refractivity contribution in [3.63, 3.8) is 0 Å². The summed E-state index contributed by atoms with van der Waals surface area (Å²) in [4.78, 5) is 0. The van der Waals surface area contributed by atoms with E-state index < -0.39 is 0 Å². The predicted molar refractivity (Wildman–Crippen MR) is 100 cm³/mol. The number of hydrogen-bond donors (Lipinski definition) is 2. The van der Waals surface area contributed by atoms with Crippen LogP contribution in [0.25, 0.3) is 0 Å². The first-order valence-corrected chi connectivity index (χ1v) is 8.27. The van der Waals surface area contributed by atoms with E-state index in [1.165, 1.54) is 0 Å². The molecule has 0 aliphatic heterocycles. The van der Waals surface area contributed by atoms with E-state index in [9.17, 15) is 5.11 Å². The Kier molecular flexibility index (Phi) is 4.68. The van der Waals surface area contributed by atoms with Gasteiger partial charge in [-0.1, -0.05) is 53.1 Å². The lowest BCUT2D eigenvalue weighted by atomic mass is 9.79. The summed E-state index contributed by atoms with van der Waals surface area (Å²) in [5.74, 6) is 0.395. The van der Waals surface area contributed by atoms with E-state index in [4.69, 9.17) is 11.6 Å². The van der Waals surface area contributed by atoms with Gasteiger partial charge < -0.3 is 10.4 Å². The van der Waals surface area contributed by atoms with E-state index in [1.54, 1.807) is 0 Å². The van der Waals surface area contributed by atoms with Crippen molar-refractivity contribution in [3.05, 3.63) is 52.5 Å². The lowest BCUT2D eigenvalue weighted by Crippen LogP contribution is -2.17. The van der Waals surface area contributed by atoms with Crippen molar-refractivity contribution >= 4 is 23.0 Å². The van der Waals surface area contributed by atoms with Gasteiger partial charge in [0.25, 0.3) is 0 Å². The molecule has 2 nitrogen and oxygen atoms in total. The van der Waals surface area contributed by atoms with E-state index in [1.807, 2.05) is 36.4 Å². The second-order valence-corrected chi connectivity index (χ2v) is 8.49. The Balaban J connectivity index is 2.53. The van der Waals surface area contributed by atoms with E-state index in [0.717, 1.165) is 22.5 Å². The first-order chi connectivity index (χ1) is 10.5. The Morgan fingerprint density at radius 3 is 1.61 bits per heavy atom. The van der Waals surface area contributed by atoms with Gasteiger partial charge in [-0.05, 0) is 47.2 Å². The molecule has 0 saturated heterocycles. The molecule has 0 spiro atoms. The molecule has 0 fully saturated rings. The minimum Gasteiger partial charge on any atom is -0.507 e. The van der Waals surface area contributed by atoms with Crippen LogP contribution in [-0.4, -0.2) is 5.11 Å². The normalized spacial score (nSPS) is 12.3. The van der Waals surface area contributed by atoms with E-state index in [0.29, 0.717) is 10.8 Å². The minimum atomic E-state index is -0.137. The van der Waals surface area contributed by atoms with Crippen molar-refractivity contribution in [1.29, 1.82) is 0 Å². The molecule has 124 valence electrons. The number of halogens is 1. The number of benzene rings is 2. The molecule has 0 unspecified atom stereocenters. The summed E-state index contributed by atoms with van der Waals surface area (Å²) in [5, 5.41) is 14.9. The van der Waals surface area contributed by atoms with Gasteiger partial charge in [0.15, 0.2) is 0 Å². The Bertz CT molecular complexity index is 656. The molecular formula is C20H26ClNO. The van der Waals surface area contributed by atoms with Crippen LogP contribution in [0.1, 0.15) is 52.7 Å². The van der Waals surface area contributed by atoms with Gasteiger partial charge >= 0.3 is 0 Å². The Labute approximate surface area is 144 Å². The molecule has 0 aromatic heterocycles. The summed E-state index contributed by atoms with van der Waals surface area (Å²) in [6.07, 6.45) is 0. The maximum Gasteiger partial charge on any atom is 0.123 e. The average molecular weight is 332 g/mol. The van der Waals surface area contributed by atoms with Crippen molar-refractivity contribution in [2.75, 3.05) is 5.32 Å². The Hall–Kier alpha value is -1.67. The van der Waals surface area contributed by atoms with Gasteiger partial charge in [0, 0.05) is 27.5 Å². The van der Waals surface area contributed by atoms with Crippen LogP contribution in [0.3, 0.4) is 0 Å². The SMILES string of the molecule is CC(C)(C)c1cc(Nc2ccc(Cl)cc2)cc(C(C)(C)C)c1O. The van der Waals surface area contributed by atoms with Crippen LogP contribution in [0.15, 0.2) is 36.4 Å². The molecule has 3 heteroatoms. The van der Waals surface area contributed by atoms with Crippen LogP contribution in [0, 0.1) is 0 Å². The smallest absolute Gasteiger partial charge is 0.123 e. The van der Waals surface area contributed by atoms with Crippen LogP contribution in [0.5, 0.6) is 5.75 Å². The molecule has 2 rings (SSSR count). The van der Waals surface area contributed by atoms with Crippen LogP contribution >= 0.6 is 11.6 Å². The van der Waals surface area contributed by atoms with Crippen LogP contribution in [0.4, 0.5) is 11.4 Å². The van der Waals surface area contributed by atoms with Gasteiger partial charge in [-0.25, -0.2) is 0 Å². The van der Waals surface area contributed by atoms with Gasteiger partial charge in [0.1, 0.15) is 5.75 Å². The standard InChI is InChI=1S/C20H26ClNO/c1-19(2,3)16-11-15(12-17(18(16)23)20(4,5)6)22-14-9-7-13(21)8-10-14/h7-12,22-23H,1-6H3. The van der Waals surface area contributed by atoms with Crippen molar-refractivity contribution in [1.82, 2.24) is 0 Å². The van der Waals surface area contributed by atoms with Crippen LogP contribution in [-0.2, 0) is 10.8 Å². The van der Waals surface area contributed by atoms with Crippen LogP contribution in [0.2, 0.25) is 5.02 Å². The number of rotatable bonds is 2. The predicted octanol–water partition coefficient (Wildman–Crippen LogP) is 6.38. The number of phenolic OH excluding ortho intramolecular Hbond substituents is 1. The fourth-order valence-electron chi connectivity index (χ4n) is 2.55. The fourth-order valence-corrected chi connectivity index (χ4v) is 2.68. The third-order valence-electron chi connectivity index (χ3n) is 3.86. The molecule has 0 heterocycles. The highest BCUT2D eigenvalue weighted by Gasteiger charge is 2.26. The lowest BCUT2D eigenvalue weighted by Gasteiger charge is -2.28. The lowest BCUT2D eigenvalue weighted by molar-refractivity contribution is 0.423. The summed E-state index contributed by atoms with van der Waals surface area (Å²) in [5.41, 5.74) is 3.56. The maximum absolute atomic E-state index is 10.7. The maximum atomic E-state index is 10.7. The fraction of sp³-hybridized carbons (Fsp3) is 0.400. The summed E-state index contributed by atoms with van der Waals surface area (Å²) in [6.45, 7) is 12.7. The van der Waals surface area contributed by atoms with Gasteiger partial charge in [0.2, 0.25) is 0 Å². The highest BCUT2D eigenvalue weighted by atomic mass is 35.5. The molecule has 0 amide bonds. The second-order valence-electron chi connectivity index (χ2n) is 8.05. The largest absolute Gasteiger partial charge is 0.507 e. The van der Waals surface area contributed by atoms with E-state index >= 15 is 0 Å². The van der Waals surface area contributed by atoms with Crippen molar-refractivity contribution in [3.8, 4) is 5.75 Å². The summed E-state index contributed by atoms with van der Waals surface area (Å²) >= 11 is 5.94. The molecule has 0 saturated carbocycles. The molecule has 2 N–H and O–H groups in total. The number of nitrogens with one attached hydrogen (secondary N) is 1. The number of aromatic hydroxyl groups is 1. The third-order valence-corrected chi connectivity index (χ3v) is 4.11.